The first-order valence-corrected chi connectivity index (χ1v) is 28.4. The van der Waals surface area contributed by atoms with E-state index in [1.54, 1.807) is 0 Å². The third-order valence-electron chi connectivity index (χ3n) is 12.2. The summed E-state index contributed by atoms with van der Waals surface area (Å²) in [5.74, 6) is -0.958. The van der Waals surface area contributed by atoms with Crippen molar-refractivity contribution in [3.63, 3.8) is 0 Å². The fourth-order valence-electron chi connectivity index (χ4n) is 7.84. The van der Waals surface area contributed by atoms with Crippen LogP contribution in [0.2, 0.25) is 0 Å². The predicted molar refractivity (Wildman–Crippen MR) is 288 cm³/mol. The number of allylic oxidation sites excluding steroid dienone is 12. The van der Waals surface area contributed by atoms with E-state index in [2.05, 4.69) is 93.7 Å². The summed E-state index contributed by atoms with van der Waals surface area (Å²) in [6.07, 6.45) is 70.3. The molecule has 0 aliphatic carbocycles. The van der Waals surface area contributed by atoms with Crippen molar-refractivity contribution in [2.45, 2.75) is 284 Å². The van der Waals surface area contributed by atoms with Gasteiger partial charge in [-0.1, -0.05) is 222 Å². The SMILES string of the molecule is CCCCC/C=C\C/C=C\CCCCCCCCCC(=O)OC[C@H](COC(=O)CCCCCCCCC/C=C\CCCCCC)OC(=O)CCC/C=C\C/C=C\C/C=C\CCCCCCCC. The molecule has 0 aliphatic rings. The highest BCUT2D eigenvalue weighted by molar-refractivity contribution is 5.71. The van der Waals surface area contributed by atoms with Crippen LogP contribution in [-0.2, 0) is 28.6 Å². The molecule has 0 N–H and O–H groups in total. The van der Waals surface area contributed by atoms with Gasteiger partial charge in [0.1, 0.15) is 13.2 Å². The number of esters is 3. The van der Waals surface area contributed by atoms with Crippen molar-refractivity contribution in [3.05, 3.63) is 72.9 Å². The molecule has 0 radical (unpaired) electrons. The van der Waals surface area contributed by atoms with Crippen LogP contribution >= 0.6 is 0 Å². The first-order chi connectivity index (χ1) is 33.0. The first-order valence-electron chi connectivity index (χ1n) is 28.4. The molecular formula is C61H106O6. The molecule has 0 aromatic heterocycles. The lowest BCUT2D eigenvalue weighted by atomic mass is 10.1. The Morgan fingerprint density at radius 3 is 0.940 bits per heavy atom. The van der Waals surface area contributed by atoms with E-state index in [0.717, 1.165) is 70.6 Å². The maximum atomic E-state index is 12.8. The van der Waals surface area contributed by atoms with Gasteiger partial charge >= 0.3 is 17.9 Å². The Bertz CT molecular complexity index is 1260. The van der Waals surface area contributed by atoms with Gasteiger partial charge in [0.2, 0.25) is 0 Å². The van der Waals surface area contributed by atoms with Gasteiger partial charge in [-0.05, 0) is 109 Å². The quantitative estimate of drug-likeness (QED) is 0.0262. The van der Waals surface area contributed by atoms with Crippen molar-refractivity contribution < 1.29 is 28.6 Å². The Balaban J connectivity index is 4.47. The normalized spacial score (nSPS) is 12.6. The van der Waals surface area contributed by atoms with E-state index in [9.17, 15) is 14.4 Å². The highest BCUT2D eigenvalue weighted by Crippen LogP contribution is 2.14. The zero-order chi connectivity index (χ0) is 48.6. The maximum absolute atomic E-state index is 12.8. The summed E-state index contributed by atoms with van der Waals surface area (Å²) in [7, 11) is 0. The van der Waals surface area contributed by atoms with Crippen LogP contribution in [-0.4, -0.2) is 37.2 Å². The Labute approximate surface area is 414 Å². The van der Waals surface area contributed by atoms with Crippen molar-refractivity contribution in [1.82, 2.24) is 0 Å². The van der Waals surface area contributed by atoms with E-state index < -0.39 is 6.10 Å². The first kappa shape index (κ1) is 63.8. The third kappa shape index (κ3) is 53.7. The van der Waals surface area contributed by atoms with Crippen molar-refractivity contribution in [2.75, 3.05) is 13.2 Å². The highest BCUT2D eigenvalue weighted by atomic mass is 16.6. The molecule has 0 aromatic carbocycles. The van der Waals surface area contributed by atoms with E-state index in [1.807, 2.05) is 0 Å². The van der Waals surface area contributed by atoms with Crippen LogP contribution in [0.25, 0.3) is 0 Å². The number of unbranched alkanes of at least 4 members (excludes halogenated alkanes) is 28. The van der Waals surface area contributed by atoms with Gasteiger partial charge in [0.15, 0.2) is 6.10 Å². The Morgan fingerprint density at radius 1 is 0.299 bits per heavy atom. The minimum absolute atomic E-state index is 0.0997. The van der Waals surface area contributed by atoms with E-state index in [4.69, 9.17) is 14.2 Å². The van der Waals surface area contributed by atoms with Gasteiger partial charge in [-0.25, -0.2) is 0 Å². The molecule has 0 saturated heterocycles. The van der Waals surface area contributed by atoms with Crippen LogP contribution in [0.4, 0.5) is 0 Å². The molecule has 6 nitrogen and oxygen atoms in total. The Kier molecular flexibility index (Phi) is 52.8. The van der Waals surface area contributed by atoms with Gasteiger partial charge in [-0.15, -0.1) is 0 Å². The zero-order valence-corrected chi connectivity index (χ0v) is 44.2. The van der Waals surface area contributed by atoms with Crippen LogP contribution in [0, 0.1) is 0 Å². The molecule has 0 amide bonds. The number of carbonyl (C=O) groups excluding carboxylic acids is 3. The van der Waals surface area contributed by atoms with E-state index >= 15 is 0 Å². The molecule has 0 aromatic rings. The van der Waals surface area contributed by atoms with Crippen LogP contribution < -0.4 is 0 Å². The molecule has 0 unspecified atom stereocenters. The lowest BCUT2D eigenvalue weighted by Gasteiger charge is -2.18. The van der Waals surface area contributed by atoms with E-state index in [-0.39, 0.29) is 37.5 Å². The monoisotopic (exact) mass is 935 g/mol. The molecule has 67 heavy (non-hydrogen) atoms. The molecule has 0 saturated carbocycles. The molecule has 0 fully saturated rings. The number of hydrogen-bond acceptors (Lipinski definition) is 6. The van der Waals surface area contributed by atoms with Crippen molar-refractivity contribution >= 4 is 17.9 Å². The van der Waals surface area contributed by atoms with Gasteiger partial charge in [0.05, 0.1) is 0 Å². The molecule has 0 spiro atoms. The number of rotatable bonds is 51. The number of ether oxygens (including phenoxy) is 3. The molecular weight excluding hydrogens is 829 g/mol. The third-order valence-corrected chi connectivity index (χ3v) is 12.2. The van der Waals surface area contributed by atoms with Gasteiger partial charge in [0, 0.05) is 19.3 Å². The molecule has 6 heteroatoms. The topological polar surface area (TPSA) is 78.9 Å². The second-order valence-corrected chi connectivity index (χ2v) is 18.8. The van der Waals surface area contributed by atoms with Crippen LogP contribution in [0.1, 0.15) is 278 Å². The van der Waals surface area contributed by atoms with Crippen molar-refractivity contribution in [3.8, 4) is 0 Å². The summed E-state index contributed by atoms with van der Waals surface area (Å²) in [6, 6.07) is 0. The summed E-state index contributed by atoms with van der Waals surface area (Å²) >= 11 is 0. The summed E-state index contributed by atoms with van der Waals surface area (Å²) in [4.78, 5) is 38.1. The second-order valence-electron chi connectivity index (χ2n) is 18.8. The van der Waals surface area contributed by atoms with Crippen molar-refractivity contribution in [2.24, 2.45) is 0 Å². The van der Waals surface area contributed by atoms with Gasteiger partial charge in [-0.3, -0.25) is 14.4 Å². The average molecular weight is 936 g/mol. The molecule has 386 valence electrons. The summed E-state index contributed by atoms with van der Waals surface area (Å²) in [5, 5.41) is 0. The fraction of sp³-hybridized carbons (Fsp3) is 0.754. The van der Waals surface area contributed by atoms with Crippen LogP contribution in [0.5, 0.6) is 0 Å². The Hall–Kier alpha value is -3.15. The maximum Gasteiger partial charge on any atom is 0.306 e. The van der Waals surface area contributed by atoms with Gasteiger partial charge in [-0.2, -0.15) is 0 Å². The number of hydrogen-bond donors (Lipinski definition) is 0. The standard InChI is InChI=1S/C61H106O6/c1-4-7-10-13-16-19-22-25-28-30-33-36-39-42-45-48-51-54-60(63)66-57-58(56-65-59(62)53-50-47-44-41-38-35-32-27-24-21-18-15-12-9-6-3)67-61(64)55-52-49-46-43-40-37-34-31-29-26-23-20-17-14-11-8-5-2/h16,19,21,24-26,28-29,34,37,43,46,58H,4-15,17-18,20,22-23,27,30-33,35-36,38-42,44-45,47-57H2,1-3H3/b19-16-,24-21-,28-25-,29-26-,37-34-,46-43-/t58-/m0/s1. The summed E-state index contributed by atoms with van der Waals surface area (Å²) in [6.45, 7) is 6.56. The summed E-state index contributed by atoms with van der Waals surface area (Å²) < 4.78 is 16.8. The molecule has 0 rings (SSSR count). The van der Waals surface area contributed by atoms with Crippen LogP contribution in [0.3, 0.4) is 0 Å². The van der Waals surface area contributed by atoms with Gasteiger partial charge in [0.25, 0.3) is 0 Å². The largest absolute Gasteiger partial charge is 0.462 e. The molecule has 0 heterocycles. The van der Waals surface area contributed by atoms with Crippen LogP contribution in [0.15, 0.2) is 72.9 Å². The Morgan fingerprint density at radius 2 is 0.552 bits per heavy atom. The fourth-order valence-corrected chi connectivity index (χ4v) is 7.84. The second kappa shape index (κ2) is 55.4. The molecule has 0 bridgehead atoms. The average Bonchev–Trinajstić information content (AvgIpc) is 3.33. The van der Waals surface area contributed by atoms with E-state index in [0.29, 0.717) is 19.3 Å². The lowest BCUT2D eigenvalue weighted by molar-refractivity contribution is -0.167. The summed E-state index contributed by atoms with van der Waals surface area (Å²) in [5.41, 5.74) is 0. The minimum atomic E-state index is -0.807. The predicted octanol–water partition coefficient (Wildman–Crippen LogP) is 19.0. The zero-order valence-electron chi connectivity index (χ0n) is 44.2. The molecule has 1 atom stereocenters. The highest BCUT2D eigenvalue weighted by Gasteiger charge is 2.19. The lowest BCUT2D eigenvalue weighted by Crippen LogP contribution is -2.30. The van der Waals surface area contributed by atoms with Gasteiger partial charge < -0.3 is 14.2 Å². The van der Waals surface area contributed by atoms with E-state index in [1.165, 1.54) is 161 Å². The molecule has 0 aliphatic heterocycles. The number of carbonyl (C=O) groups is 3. The van der Waals surface area contributed by atoms with Crippen molar-refractivity contribution in [1.29, 1.82) is 0 Å². The minimum Gasteiger partial charge on any atom is -0.462 e. The smallest absolute Gasteiger partial charge is 0.306 e.